The summed E-state index contributed by atoms with van der Waals surface area (Å²) in [6.45, 7) is 0. The highest BCUT2D eigenvalue weighted by Crippen LogP contribution is 2.27. The van der Waals surface area contributed by atoms with Crippen LogP contribution in [-0.2, 0) is 0 Å². The van der Waals surface area contributed by atoms with Crippen LogP contribution in [0, 0.1) is 0 Å². The van der Waals surface area contributed by atoms with Crippen molar-refractivity contribution in [2.75, 3.05) is 5.75 Å². The minimum atomic E-state index is 0.0925. The summed E-state index contributed by atoms with van der Waals surface area (Å²) in [5.41, 5.74) is 1.69. The second-order valence-corrected chi connectivity index (χ2v) is 7.21. The number of ketones is 1. The molecule has 0 aliphatic rings. The Hall–Kier alpha value is -2.51. The summed E-state index contributed by atoms with van der Waals surface area (Å²) in [6.07, 6.45) is 0. The summed E-state index contributed by atoms with van der Waals surface area (Å²) in [5, 5.41) is 12.9. The summed E-state index contributed by atoms with van der Waals surface area (Å²) in [5.74, 6) is 1.16. The van der Waals surface area contributed by atoms with Crippen LogP contribution in [0.5, 0.6) is 0 Å². The third kappa shape index (κ3) is 2.95. The van der Waals surface area contributed by atoms with Gasteiger partial charge in [-0.3, -0.25) is 4.79 Å². The third-order valence-electron chi connectivity index (χ3n) is 3.43. The van der Waals surface area contributed by atoms with Gasteiger partial charge in [-0.15, -0.1) is 15.3 Å². The second-order valence-electron chi connectivity index (χ2n) is 5.03. The normalized spacial score (nSPS) is 11.0. The van der Waals surface area contributed by atoms with Crippen LogP contribution in [0.4, 0.5) is 0 Å². The van der Waals surface area contributed by atoms with Gasteiger partial charge in [0.15, 0.2) is 15.9 Å². The van der Waals surface area contributed by atoms with Crippen LogP contribution < -0.4 is 0 Å². The van der Waals surface area contributed by atoms with E-state index < -0.39 is 0 Å². The Morgan fingerprint density at radius 3 is 2.46 bits per heavy atom. The first-order chi connectivity index (χ1) is 11.8. The van der Waals surface area contributed by atoms with Crippen LogP contribution in [0.25, 0.3) is 16.3 Å². The van der Waals surface area contributed by atoms with Gasteiger partial charge < -0.3 is 0 Å². The predicted octanol–water partition coefficient (Wildman–Crippen LogP) is 3.83. The van der Waals surface area contributed by atoms with Gasteiger partial charge >= 0.3 is 0 Å². The predicted molar refractivity (Wildman–Crippen MR) is 95.6 cm³/mol. The fourth-order valence-corrected chi connectivity index (χ4v) is 4.03. The van der Waals surface area contributed by atoms with Gasteiger partial charge in [-0.25, -0.2) is 0 Å². The van der Waals surface area contributed by atoms with Crippen LogP contribution in [-0.4, -0.2) is 31.3 Å². The Morgan fingerprint density at radius 2 is 1.71 bits per heavy atom. The van der Waals surface area contributed by atoms with E-state index in [1.165, 1.54) is 23.1 Å². The maximum absolute atomic E-state index is 12.2. The zero-order valence-corrected chi connectivity index (χ0v) is 14.1. The second kappa shape index (κ2) is 6.54. The lowest BCUT2D eigenvalue weighted by Crippen LogP contribution is -2.01. The number of hydrogen-bond acceptors (Lipinski definition) is 6. The molecule has 0 aliphatic heterocycles. The molecule has 0 N–H and O–H groups in total. The molecule has 0 radical (unpaired) electrons. The van der Waals surface area contributed by atoms with E-state index >= 15 is 0 Å². The molecule has 2 aromatic carbocycles. The minimum Gasteiger partial charge on any atom is -0.293 e. The molecule has 0 unspecified atom stereocenters. The van der Waals surface area contributed by atoms with Crippen LogP contribution in [0.3, 0.4) is 0 Å². The molecule has 0 saturated carbocycles. The molecule has 7 heteroatoms. The number of rotatable bonds is 5. The van der Waals surface area contributed by atoms with Gasteiger partial charge in [0.2, 0.25) is 4.96 Å². The number of hydrogen-bond donors (Lipinski definition) is 0. The average molecular weight is 352 g/mol. The molecule has 24 heavy (non-hydrogen) atoms. The molecule has 2 aromatic heterocycles. The molecule has 0 aliphatic carbocycles. The first-order valence-corrected chi connectivity index (χ1v) is 9.10. The lowest BCUT2D eigenvalue weighted by molar-refractivity contribution is 0.102. The van der Waals surface area contributed by atoms with Gasteiger partial charge in [0.1, 0.15) is 0 Å². The van der Waals surface area contributed by atoms with E-state index in [9.17, 15) is 4.79 Å². The Balaban J connectivity index is 1.54. The molecule has 0 saturated heterocycles. The maximum atomic E-state index is 12.2. The van der Waals surface area contributed by atoms with E-state index in [1.807, 2.05) is 60.7 Å². The van der Waals surface area contributed by atoms with Crippen LogP contribution in [0.15, 0.2) is 65.0 Å². The number of thioether (sulfide) groups is 1. The Morgan fingerprint density at radius 1 is 1.00 bits per heavy atom. The fraction of sp³-hybridized carbons (Fsp3) is 0.0588. The highest BCUT2D eigenvalue weighted by Gasteiger charge is 2.14. The van der Waals surface area contributed by atoms with E-state index in [0.29, 0.717) is 11.6 Å². The summed E-state index contributed by atoms with van der Waals surface area (Å²) >= 11 is 2.87. The molecule has 5 nitrogen and oxygen atoms in total. The van der Waals surface area contributed by atoms with E-state index in [4.69, 9.17) is 0 Å². The molecular formula is C17H12N4OS2. The third-order valence-corrected chi connectivity index (χ3v) is 5.46. The molecule has 0 atom stereocenters. The largest absolute Gasteiger partial charge is 0.293 e. The van der Waals surface area contributed by atoms with E-state index in [-0.39, 0.29) is 5.78 Å². The molecule has 4 aromatic rings. The van der Waals surface area contributed by atoms with Gasteiger partial charge in [0, 0.05) is 11.1 Å². The highest BCUT2D eigenvalue weighted by atomic mass is 32.2. The molecule has 2 heterocycles. The van der Waals surface area contributed by atoms with Crippen molar-refractivity contribution in [1.82, 2.24) is 19.8 Å². The SMILES string of the molecule is O=C(CSc1nn2c(-c3ccccc3)nnc2s1)c1ccccc1. The van der Waals surface area contributed by atoms with E-state index in [0.717, 1.165) is 20.4 Å². The number of nitrogens with zero attached hydrogens (tertiary/aromatic N) is 4. The molecule has 0 bridgehead atoms. The number of carbonyl (C=O) groups is 1. The Kier molecular flexibility index (Phi) is 4.10. The van der Waals surface area contributed by atoms with Crippen LogP contribution in [0.2, 0.25) is 0 Å². The van der Waals surface area contributed by atoms with E-state index in [2.05, 4.69) is 15.3 Å². The number of benzene rings is 2. The van der Waals surface area contributed by atoms with Crippen molar-refractivity contribution in [2.45, 2.75) is 4.34 Å². The zero-order valence-electron chi connectivity index (χ0n) is 12.5. The van der Waals surface area contributed by atoms with Gasteiger partial charge in [-0.2, -0.15) is 4.52 Å². The Labute approximate surface area is 146 Å². The number of aromatic nitrogens is 4. The standard InChI is InChI=1S/C17H12N4OS2/c22-14(12-7-3-1-4-8-12)11-23-17-20-21-15(18-19-16(21)24-17)13-9-5-2-6-10-13/h1-10H,11H2. The number of fused-ring (bicyclic) bond motifs is 1. The van der Waals surface area contributed by atoms with Crippen molar-refractivity contribution in [1.29, 1.82) is 0 Å². The first kappa shape index (κ1) is 15.0. The van der Waals surface area contributed by atoms with Crippen molar-refractivity contribution in [2.24, 2.45) is 0 Å². The van der Waals surface area contributed by atoms with Crippen LogP contribution >= 0.6 is 23.1 Å². The fourth-order valence-electron chi connectivity index (χ4n) is 2.26. The summed E-state index contributed by atoms with van der Waals surface area (Å²) in [6, 6.07) is 19.1. The number of carbonyl (C=O) groups excluding carboxylic acids is 1. The highest BCUT2D eigenvalue weighted by molar-refractivity contribution is 8.01. The molecular weight excluding hydrogens is 340 g/mol. The van der Waals surface area contributed by atoms with Gasteiger partial charge in [-0.05, 0) is 0 Å². The van der Waals surface area contributed by atoms with E-state index in [1.54, 1.807) is 4.52 Å². The first-order valence-electron chi connectivity index (χ1n) is 7.30. The molecule has 0 amide bonds. The summed E-state index contributed by atoms with van der Waals surface area (Å²) < 4.78 is 2.54. The summed E-state index contributed by atoms with van der Waals surface area (Å²) in [7, 11) is 0. The lowest BCUT2D eigenvalue weighted by atomic mass is 10.2. The van der Waals surface area contributed by atoms with Crippen LogP contribution in [0.1, 0.15) is 10.4 Å². The van der Waals surface area contributed by atoms with Crippen molar-refractivity contribution >= 4 is 33.8 Å². The smallest absolute Gasteiger partial charge is 0.235 e. The molecule has 118 valence electrons. The van der Waals surface area contributed by atoms with Crippen molar-refractivity contribution < 1.29 is 4.79 Å². The van der Waals surface area contributed by atoms with Gasteiger partial charge in [0.05, 0.1) is 5.75 Å². The number of Topliss-reactive ketones (excluding diaryl/α,β-unsaturated/α-hetero) is 1. The zero-order chi connectivity index (χ0) is 16.4. The monoisotopic (exact) mass is 352 g/mol. The quantitative estimate of drug-likeness (QED) is 0.403. The van der Waals surface area contributed by atoms with Gasteiger partial charge in [-0.1, -0.05) is 83.8 Å². The van der Waals surface area contributed by atoms with Crippen molar-refractivity contribution in [3.8, 4) is 11.4 Å². The summed E-state index contributed by atoms with van der Waals surface area (Å²) in [4.78, 5) is 12.9. The van der Waals surface area contributed by atoms with Crippen molar-refractivity contribution in [3.05, 3.63) is 66.2 Å². The molecule has 0 spiro atoms. The van der Waals surface area contributed by atoms with Gasteiger partial charge in [0.25, 0.3) is 0 Å². The maximum Gasteiger partial charge on any atom is 0.235 e. The molecule has 0 fully saturated rings. The Bertz CT molecular complexity index is 980. The minimum absolute atomic E-state index is 0.0925. The topological polar surface area (TPSA) is 60.2 Å². The average Bonchev–Trinajstić information content (AvgIpc) is 3.21. The van der Waals surface area contributed by atoms with Crippen molar-refractivity contribution in [3.63, 3.8) is 0 Å². The lowest BCUT2D eigenvalue weighted by Gasteiger charge is -1.98. The molecule has 4 rings (SSSR count).